The van der Waals surface area contributed by atoms with E-state index in [0.29, 0.717) is 49.8 Å². The number of hydrogen-bond donors (Lipinski definition) is 2. The van der Waals surface area contributed by atoms with Gasteiger partial charge in [0.25, 0.3) is 5.56 Å². The molecule has 28 heavy (non-hydrogen) atoms. The van der Waals surface area contributed by atoms with E-state index >= 15 is 0 Å². The van der Waals surface area contributed by atoms with E-state index < -0.39 is 0 Å². The lowest BCUT2D eigenvalue weighted by Crippen LogP contribution is -2.08. The Morgan fingerprint density at radius 3 is 2.86 bits per heavy atom. The maximum atomic E-state index is 12.8. The van der Waals surface area contributed by atoms with Gasteiger partial charge in [0.1, 0.15) is 0 Å². The number of ether oxygens (including phenoxy) is 3. The van der Waals surface area contributed by atoms with Crippen LogP contribution in [0.3, 0.4) is 0 Å². The van der Waals surface area contributed by atoms with Gasteiger partial charge in [0.2, 0.25) is 12.5 Å². The molecule has 1 aliphatic rings. The smallest absolute Gasteiger partial charge is 0.306 e. The second-order valence-electron chi connectivity index (χ2n) is 6.69. The number of pyridine rings is 1. The summed E-state index contributed by atoms with van der Waals surface area (Å²) in [5.41, 5.74) is 1.93. The van der Waals surface area contributed by atoms with E-state index in [1.807, 2.05) is 13.8 Å². The predicted molar refractivity (Wildman–Crippen MR) is 105 cm³/mol. The molecule has 1 aromatic carbocycles. The van der Waals surface area contributed by atoms with Crippen molar-refractivity contribution in [2.24, 2.45) is 0 Å². The summed E-state index contributed by atoms with van der Waals surface area (Å²) in [4.78, 5) is 32.0. The zero-order chi connectivity index (χ0) is 19.6. The van der Waals surface area contributed by atoms with Gasteiger partial charge in [-0.25, -0.2) is 4.98 Å². The highest BCUT2D eigenvalue weighted by Crippen LogP contribution is 2.46. The van der Waals surface area contributed by atoms with E-state index in [1.54, 1.807) is 16.8 Å². The SMILES string of the molecule is COc1cc(-c2c3sc(=O)[nH]c3nc3c2c(=O)[nH]n3C(C)C)cc2c1OCO2. The largest absolute Gasteiger partial charge is 0.493 e. The second kappa shape index (κ2) is 5.86. The monoisotopic (exact) mass is 400 g/mol. The van der Waals surface area contributed by atoms with Gasteiger partial charge in [-0.15, -0.1) is 0 Å². The number of H-pyrrole nitrogens is 2. The maximum absolute atomic E-state index is 12.8. The summed E-state index contributed by atoms with van der Waals surface area (Å²) in [5.74, 6) is 1.53. The molecule has 2 N–H and O–H groups in total. The molecule has 0 spiro atoms. The first-order valence-electron chi connectivity index (χ1n) is 8.63. The van der Waals surface area contributed by atoms with Gasteiger partial charge in [0.15, 0.2) is 22.8 Å². The summed E-state index contributed by atoms with van der Waals surface area (Å²) in [6, 6.07) is 3.55. The van der Waals surface area contributed by atoms with Crippen LogP contribution in [-0.4, -0.2) is 33.7 Å². The molecule has 4 aromatic rings. The highest BCUT2D eigenvalue weighted by atomic mass is 32.1. The standard InChI is InChI=1S/C18H16N4O5S/c1-7(2)22-16-12(17(23)21-22)11(14-15(19-16)20-18(24)28-14)8-4-9(25-3)13-10(5-8)26-6-27-13/h4-5,7H,6H2,1-3H3,(H,21,23)(H,19,20,24). The Hall–Kier alpha value is -3.27. The number of thiazole rings is 1. The average molecular weight is 400 g/mol. The third-order valence-corrected chi connectivity index (χ3v) is 5.58. The Balaban J connectivity index is 1.95. The number of hydrogen-bond acceptors (Lipinski definition) is 7. The van der Waals surface area contributed by atoms with Crippen LogP contribution in [0.25, 0.3) is 32.5 Å². The lowest BCUT2D eigenvalue weighted by Gasteiger charge is -2.11. The average Bonchev–Trinajstić information content (AvgIpc) is 3.35. The molecule has 0 saturated carbocycles. The molecular weight excluding hydrogens is 384 g/mol. The summed E-state index contributed by atoms with van der Waals surface area (Å²) in [5, 5.41) is 3.26. The Kier molecular flexibility index (Phi) is 3.53. The summed E-state index contributed by atoms with van der Waals surface area (Å²) in [6.07, 6.45) is 0. The number of nitrogens with one attached hydrogen (secondary N) is 2. The molecule has 4 heterocycles. The second-order valence-corrected chi connectivity index (χ2v) is 7.68. The highest BCUT2D eigenvalue weighted by Gasteiger charge is 2.25. The van der Waals surface area contributed by atoms with E-state index in [9.17, 15) is 9.59 Å². The minimum atomic E-state index is -0.273. The maximum Gasteiger partial charge on any atom is 0.306 e. The van der Waals surface area contributed by atoms with Gasteiger partial charge >= 0.3 is 4.87 Å². The molecule has 0 amide bonds. The van der Waals surface area contributed by atoms with Crippen molar-refractivity contribution >= 4 is 32.7 Å². The fraction of sp³-hybridized carbons (Fsp3) is 0.278. The molecule has 0 unspecified atom stereocenters. The van der Waals surface area contributed by atoms with Crippen molar-refractivity contribution in [3.05, 3.63) is 32.2 Å². The summed E-state index contributed by atoms with van der Waals surface area (Å²) in [7, 11) is 1.54. The molecule has 0 bridgehead atoms. The number of methoxy groups -OCH3 is 1. The normalized spacial score (nSPS) is 13.1. The Morgan fingerprint density at radius 2 is 2.11 bits per heavy atom. The summed E-state index contributed by atoms with van der Waals surface area (Å²) < 4.78 is 18.7. The van der Waals surface area contributed by atoms with Crippen LogP contribution in [-0.2, 0) is 0 Å². The first-order valence-corrected chi connectivity index (χ1v) is 9.44. The van der Waals surface area contributed by atoms with E-state index in [2.05, 4.69) is 15.1 Å². The fourth-order valence-electron chi connectivity index (χ4n) is 3.49. The minimum absolute atomic E-state index is 0.0142. The van der Waals surface area contributed by atoms with Crippen LogP contribution in [0.5, 0.6) is 17.2 Å². The van der Waals surface area contributed by atoms with Crippen molar-refractivity contribution in [1.29, 1.82) is 0 Å². The molecule has 3 aromatic heterocycles. The number of benzene rings is 1. The quantitative estimate of drug-likeness (QED) is 0.547. The van der Waals surface area contributed by atoms with Gasteiger partial charge in [0, 0.05) is 11.6 Å². The molecule has 0 aliphatic carbocycles. The lowest BCUT2D eigenvalue weighted by molar-refractivity contribution is 0.171. The summed E-state index contributed by atoms with van der Waals surface area (Å²) in [6.45, 7) is 3.99. The zero-order valence-electron chi connectivity index (χ0n) is 15.3. The van der Waals surface area contributed by atoms with Crippen LogP contribution in [0.2, 0.25) is 0 Å². The van der Waals surface area contributed by atoms with Crippen molar-refractivity contribution in [3.8, 4) is 28.4 Å². The molecule has 0 saturated heterocycles. The Morgan fingerprint density at radius 1 is 1.29 bits per heavy atom. The molecule has 9 nitrogen and oxygen atoms in total. The topological polar surface area (TPSA) is 111 Å². The van der Waals surface area contributed by atoms with Crippen molar-refractivity contribution in [2.45, 2.75) is 19.9 Å². The molecular formula is C18H16N4O5S. The first-order chi connectivity index (χ1) is 13.5. The highest BCUT2D eigenvalue weighted by molar-refractivity contribution is 7.17. The van der Waals surface area contributed by atoms with Crippen LogP contribution in [0.15, 0.2) is 21.7 Å². The molecule has 10 heteroatoms. The van der Waals surface area contributed by atoms with Gasteiger partial charge in [0.05, 0.1) is 17.2 Å². The lowest BCUT2D eigenvalue weighted by atomic mass is 10.0. The Bertz CT molecular complexity index is 1360. The molecule has 0 fully saturated rings. The van der Waals surface area contributed by atoms with Crippen LogP contribution >= 0.6 is 11.3 Å². The minimum Gasteiger partial charge on any atom is -0.493 e. The molecule has 0 radical (unpaired) electrons. The number of fused-ring (bicyclic) bond motifs is 3. The number of aromatic amines is 2. The first kappa shape index (κ1) is 16.9. The predicted octanol–water partition coefficient (Wildman–Crippen LogP) is 2.61. The number of nitrogens with zero attached hydrogens (tertiary/aromatic N) is 2. The van der Waals surface area contributed by atoms with E-state index in [4.69, 9.17) is 14.2 Å². The van der Waals surface area contributed by atoms with Gasteiger partial charge in [-0.2, -0.15) is 0 Å². The molecule has 1 aliphatic heterocycles. The van der Waals surface area contributed by atoms with E-state index in [-0.39, 0.29) is 23.3 Å². The van der Waals surface area contributed by atoms with Crippen LogP contribution < -0.4 is 24.6 Å². The van der Waals surface area contributed by atoms with Gasteiger partial charge in [-0.1, -0.05) is 11.3 Å². The number of rotatable bonds is 3. The van der Waals surface area contributed by atoms with Crippen molar-refractivity contribution < 1.29 is 14.2 Å². The van der Waals surface area contributed by atoms with Crippen LogP contribution in [0.1, 0.15) is 19.9 Å². The molecule has 5 rings (SSSR count). The summed E-state index contributed by atoms with van der Waals surface area (Å²) >= 11 is 1.01. The van der Waals surface area contributed by atoms with E-state index in [0.717, 1.165) is 11.3 Å². The van der Waals surface area contributed by atoms with E-state index in [1.165, 1.54) is 7.11 Å². The third-order valence-electron chi connectivity index (χ3n) is 4.69. The Labute approximate surface area is 161 Å². The van der Waals surface area contributed by atoms with Crippen LogP contribution in [0, 0.1) is 0 Å². The molecule has 144 valence electrons. The third kappa shape index (κ3) is 2.27. The van der Waals surface area contributed by atoms with Crippen LogP contribution in [0.4, 0.5) is 0 Å². The van der Waals surface area contributed by atoms with Gasteiger partial charge in [-0.3, -0.25) is 24.4 Å². The zero-order valence-corrected chi connectivity index (χ0v) is 16.1. The number of aromatic nitrogens is 4. The molecule has 0 atom stereocenters. The fourth-order valence-corrected chi connectivity index (χ4v) is 4.33. The van der Waals surface area contributed by atoms with Gasteiger partial charge < -0.3 is 14.2 Å². The van der Waals surface area contributed by atoms with Crippen molar-refractivity contribution in [3.63, 3.8) is 0 Å². The van der Waals surface area contributed by atoms with Gasteiger partial charge in [-0.05, 0) is 31.5 Å². The van der Waals surface area contributed by atoms with Crippen molar-refractivity contribution in [2.75, 3.05) is 13.9 Å². The van der Waals surface area contributed by atoms with Crippen molar-refractivity contribution in [1.82, 2.24) is 19.7 Å².